The maximum Gasteiger partial charge on any atom is 0.128 e. The van der Waals surface area contributed by atoms with Crippen LogP contribution in [-0.2, 0) is 4.74 Å². The van der Waals surface area contributed by atoms with Crippen molar-refractivity contribution in [2.24, 2.45) is 0 Å². The fourth-order valence-electron chi connectivity index (χ4n) is 2.04. The summed E-state index contributed by atoms with van der Waals surface area (Å²) in [6, 6.07) is 4.10. The number of aromatic nitrogens is 1. The van der Waals surface area contributed by atoms with Gasteiger partial charge in [-0.25, -0.2) is 4.98 Å². The second-order valence-electron chi connectivity index (χ2n) is 3.98. The molecule has 16 heavy (non-hydrogen) atoms. The first-order valence-corrected chi connectivity index (χ1v) is 6.57. The molecule has 3 nitrogen and oxygen atoms in total. The molecule has 2 heterocycles. The van der Waals surface area contributed by atoms with Gasteiger partial charge in [0.2, 0.25) is 0 Å². The molecular weight excluding hydrogens is 268 g/mol. The summed E-state index contributed by atoms with van der Waals surface area (Å²) in [7, 11) is 0. The van der Waals surface area contributed by atoms with Crippen molar-refractivity contribution in [3.63, 3.8) is 0 Å². The molecule has 0 atom stereocenters. The molecule has 1 aromatic heterocycles. The molecule has 4 heteroatoms. The van der Waals surface area contributed by atoms with Gasteiger partial charge in [-0.05, 0) is 47.8 Å². The van der Waals surface area contributed by atoms with Crippen LogP contribution in [0.4, 0.5) is 5.82 Å². The minimum absolute atomic E-state index is 0.441. The third-order valence-corrected chi connectivity index (χ3v) is 3.35. The Morgan fingerprint density at radius 3 is 2.75 bits per heavy atom. The zero-order chi connectivity index (χ0) is 11.4. The van der Waals surface area contributed by atoms with Crippen molar-refractivity contribution in [2.75, 3.05) is 24.6 Å². The van der Waals surface area contributed by atoms with Crippen LogP contribution >= 0.6 is 15.9 Å². The Kier molecular flexibility index (Phi) is 4.18. The third kappa shape index (κ3) is 2.95. The van der Waals surface area contributed by atoms with Crippen LogP contribution in [-0.4, -0.2) is 30.8 Å². The fourth-order valence-corrected chi connectivity index (χ4v) is 2.28. The van der Waals surface area contributed by atoms with Crippen LogP contribution in [0.25, 0.3) is 0 Å². The van der Waals surface area contributed by atoms with Gasteiger partial charge < -0.3 is 9.64 Å². The van der Waals surface area contributed by atoms with E-state index in [9.17, 15) is 0 Å². The average molecular weight is 285 g/mol. The predicted molar refractivity (Wildman–Crippen MR) is 68.8 cm³/mol. The topological polar surface area (TPSA) is 25.4 Å². The molecule has 1 aromatic rings. The van der Waals surface area contributed by atoms with Crippen LogP contribution in [0.15, 0.2) is 22.8 Å². The van der Waals surface area contributed by atoms with Crippen LogP contribution in [0.3, 0.4) is 0 Å². The lowest BCUT2D eigenvalue weighted by atomic mass is 10.1. The van der Waals surface area contributed by atoms with Crippen LogP contribution in [0.5, 0.6) is 0 Å². The van der Waals surface area contributed by atoms with E-state index in [0.29, 0.717) is 6.10 Å². The second-order valence-corrected chi connectivity index (χ2v) is 4.89. The summed E-state index contributed by atoms with van der Waals surface area (Å²) in [5.41, 5.74) is 0. The van der Waals surface area contributed by atoms with Crippen molar-refractivity contribution in [1.82, 2.24) is 4.98 Å². The molecule has 0 aromatic carbocycles. The fraction of sp³-hybridized carbons (Fsp3) is 0.583. The zero-order valence-electron chi connectivity index (χ0n) is 9.53. The third-order valence-electron chi connectivity index (χ3n) is 2.88. The van der Waals surface area contributed by atoms with E-state index < -0.39 is 0 Å². The molecule has 2 rings (SSSR count). The molecule has 0 amide bonds. The van der Waals surface area contributed by atoms with Crippen molar-refractivity contribution < 1.29 is 4.74 Å². The zero-order valence-corrected chi connectivity index (χ0v) is 11.1. The smallest absolute Gasteiger partial charge is 0.128 e. The largest absolute Gasteiger partial charge is 0.378 e. The van der Waals surface area contributed by atoms with Gasteiger partial charge in [0.1, 0.15) is 5.82 Å². The van der Waals surface area contributed by atoms with E-state index in [-0.39, 0.29) is 0 Å². The number of halogens is 1. The Hall–Kier alpha value is -0.610. The number of hydrogen-bond acceptors (Lipinski definition) is 3. The molecule has 1 fully saturated rings. The first kappa shape index (κ1) is 11.9. The van der Waals surface area contributed by atoms with Gasteiger partial charge >= 0.3 is 0 Å². The first-order chi connectivity index (χ1) is 7.79. The number of piperidine rings is 1. The Bertz CT molecular complexity index is 320. The minimum Gasteiger partial charge on any atom is -0.378 e. The molecule has 0 spiro atoms. The number of anilines is 1. The van der Waals surface area contributed by atoms with Crippen molar-refractivity contribution in [3.05, 3.63) is 22.8 Å². The molecule has 0 N–H and O–H groups in total. The highest BCUT2D eigenvalue weighted by Crippen LogP contribution is 2.20. The molecule has 0 bridgehead atoms. The number of rotatable bonds is 3. The highest BCUT2D eigenvalue weighted by Gasteiger charge is 2.19. The van der Waals surface area contributed by atoms with Crippen LogP contribution in [0, 0.1) is 0 Å². The van der Waals surface area contributed by atoms with Crippen molar-refractivity contribution in [3.8, 4) is 0 Å². The molecule has 1 aliphatic rings. The Labute approximate surface area is 105 Å². The van der Waals surface area contributed by atoms with E-state index in [1.54, 1.807) is 0 Å². The summed E-state index contributed by atoms with van der Waals surface area (Å²) in [4.78, 5) is 6.73. The van der Waals surface area contributed by atoms with E-state index in [0.717, 1.165) is 42.8 Å². The number of pyridine rings is 1. The van der Waals surface area contributed by atoms with E-state index in [1.165, 1.54) is 0 Å². The lowest BCUT2D eigenvalue weighted by Crippen LogP contribution is -2.37. The molecule has 0 aliphatic carbocycles. The van der Waals surface area contributed by atoms with Gasteiger partial charge in [-0.1, -0.05) is 0 Å². The maximum atomic E-state index is 5.63. The molecule has 1 aliphatic heterocycles. The second kappa shape index (κ2) is 5.64. The van der Waals surface area contributed by atoms with Gasteiger partial charge in [0.25, 0.3) is 0 Å². The van der Waals surface area contributed by atoms with E-state index in [1.807, 2.05) is 12.3 Å². The lowest BCUT2D eigenvalue weighted by molar-refractivity contribution is 0.0458. The lowest BCUT2D eigenvalue weighted by Gasteiger charge is -2.32. The van der Waals surface area contributed by atoms with Crippen LogP contribution in [0.2, 0.25) is 0 Å². The predicted octanol–water partition coefficient (Wildman–Crippen LogP) is 2.85. The number of ether oxygens (including phenoxy) is 1. The molecule has 88 valence electrons. The Balaban J connectivity index is 1.91. The average Bonchev–Trinajstić information content (AvgIpc) is 2.32. The van der Waals surface area contributed by atoms with Crippen LogP contribution in [0.1, 0.15) is 19.8 Å². The highest BCUT2D eigenvalue weighted by atomic mass is 79.9. The van der Waals surface area contributed by atoms with Crippen molar-refractivity contribution >= 4 is 21.7 Å². The van der Waals surface area contributed by atoms with Gasteiger partial charge in [-0.2, -0.15) is 0 Å². The van der Waals surface area contributed by atoms with Gasteiger partial charge in [0.15, 0.2) is 0 Å². The van der Waals surface area contributed by atoms with Gasteiger partial charge in [0.05, 0.1) is 6.10 Å². The quantitative estimate of drug-likeness (QED) is 0.854. The van der Waals surface area contributed by atoms with E-state index in [4.69, 9.17) is 4.74 Å². The molecule has 1 saturated heterocycles. The van der Waals surface area contributed by atoms with Crippen molar-refractivity contribution in [1.29, 1.82) is 0 Å². The Morgan fingerprint density at radius 2 is 2.19 bits per heavy atom. The van der Waals surface area contributed by atoms with Crippen LogP contribution < -0.4 is 4.90 Å². The van der Waals surface area contributed by atoms with E-state index >= 15 is 0 Å². The maximum absolute atomic E-state index is 5.63. The molecule has 0 radical (unpaired) electrons. The molecule has 0 unspecified atom stereocenters. The number of hydrogen-bond donors (Lipinski definition) is 0. The van der Waals surface area contributed by atoms with Crippen molar-refractivity contribution in [2.45, 2.75) is 25.9 Å². The summed E-state index contributed by atoms with van der Waals surface area (Å²) in [5.74, 6) is 1.07. The SMILES string of the molecule is CCOC1CCN(c2ccc(Br)cn2)CC1. The summed E-state index contributed by atoms with van der Waals surface area (Å²) >= 11 is 3.40. The Morgan fingerprint density at radius 1 is 1.44 bits per heavy atom. The summed E-state index contributed by atoms with van der Waals surface area (Å²) in [5, 5.41) is 0. The summed E-state index contributed by atoms with van der Waals surface area (Å²) < 4.78 is 6.66. The van der Waals surface area contributed by atoms with Gasteiger partial charge in [0, 0.05) is 30.4 Å². The minimum atomic E-state index is 0.441. The highest BCUT2D eigenvalue weighted by molar-refractivity contribution is 9.10. The molecular formula is C12H17BrN2O. The normalized spacial score (nSPS) is 17.8. The molecule has 0 saturated carbocycles. The van der Waals surface area contributed by atoms with Gasteiger partial charge in [-0.15, -0.1) is 0 Å². The first-order valence-electron chi connectivity index (χ1n) is 5.77. The standard InChI is InChI=1S/C12H17BrN2O/c1-2-16-11-5-7-15(8-6-11)12-4-3-10(13)9-14-12/h3-4,9,11H,2,5-8H2,1H3. The summed E-state index contributed by atoms with van der Waals surface area (Å²) in [6.07, 6.45) is 4.50. The van der Waals surface area contributed by atoms with Gasteiger partial charge in [-0.3, -0.25) is 0 Å². The van der Waals surface area contributed by atoms with E-state index in [2.05, 4.69) is 38.8 Å². The summed E-state index contributed by atoms with van der Waals surface area (Å²) in [6.45, 7) is 4.96. The monoisotopic (exact) mass is 284 g/mol. The number of nitrogens with zero attached hydrogens (tertiary/aromatic N) is 2.